The topological polar surface area (TPSA) is 37.2 Å². The molecule has 1 saturated heterocycles. The Morgan fingerprint density at radius 1 is 0.840 bits per heavy atom. The Kier molecular flexibility index (Phi) is 4.68. The summed E-state index contributed by atoms with van der Waals surface area (Å²) in [5, 5.41) is 9.12. The summed E-state index contributed by atoms with van der Waals surface area (Å²) in [6.07, 6.45) is 1.86. The molecule has 2 aromatic carbocycles. The molecule has 5 nitrogen and oxygen atoms in total. The van der Waals surface area contributed by atoms with Gasteiger partial charge < -0.3 is 4.90 Å². The number of benzene rings is 2. The molecule has 4 rings (SSSR count). The van der Waals surface area contributed by atoms with Crippen molar-refractivity contribution in [1.29, 1.82) is 0 Å². The van der Waals surface area contributed by atoms with Crippen molar-refractivity contribution >= 4 is 17.3 Å². The fraction of sp³-hybridized carbons (Fsp3) is 0.263. The first-order valence-electron chi connectivity index (χ1n) is 8.47. The van der Waals surface area contributed by atoms with Crippen molar-refractivity contribution in [2.45, 2.75) is 6.54 Å². The highest BCUT2D eigenvalue weighted by atomic mass is 35.5. The first-order chi connectivity index (χ1) is 12.3. The van der Waals surface area contributed by atoms with Crippen LogP contribution in [0.3, 0.4) is 0 Å². The summed E-state index contributed by atoms with van der Waals surface area (Å²) in [7, 11) is 0. The van der Waals surface area contributed by atoms with Gasteiger partial charge in [0.15, 0.2) is 0 Å². The molecule has 0 atom stereocenters. The predicted octanol–water partition coefficient (Wildman–Crippen LogP) is 3.24. The van der Waals surface area contributed by atoms with E-state index in [9.17, 15) is 0 Å². The minimum absolute atomic E-state index is 0.782. The summed E-state index contributed by atoms with van der Waals surface area (Å²) in [6, 6.07) is 18.2. The van der Waals surface area contributed by atoms with E-state index in [1.54, 1.807) is 0 Å². The highest BCUT2D eigenvalue weighted by molar-refractivity contribution is 6.30. The van der Waals surface area contributed by atoms with Gasteiger partial charge in [-0.15, -0.1) is 5.10 Å². The molecule has 1 aromatic heterocycles. The lowest BCUT2D eigenvalue weighted by Gasteiger charge is -2.36. The van der Waals surface area contributed by atoms with Crippen LogP contribution in [-0.4, -0.2) is 46.1 Å². The van der Waals surface area contributed by atoms with E-state index in [4.69, 9.17) is 11.6 Å². The minimum Gasteiger partial charge on any atom is -0.369 e. The molecule has 0 saturated carbocycles. The molecule has 128 valence electrons. The highest BCUT2D eigenvalue weighted by Gasteiger charge is 2.19. The van der Waals surface area contributed by atoms with E-state index >= 15 is 0 Å². The van der Waals surface area contributed by atoms with Gasteiger partial charge in [-0.25, -0.2) is 4.68 Å². The van der Waals surface area contributed by atoms with Crippen molar-refractivity contribution in [1.82, 2.24) is 19.9 Å². The molecule has 0 N–H and O–H groups in total. The first-order valence-corrected chi connectivity index (χ1v) is 8.85. The van der Waals surface area contributed by atoms with E-state index in [0.717, 1.165) is 49.1 Å². The molecule has 1 aliphatic heterocycles. The lowest BCUT2D eigenvalue weighted by atomic mass is 10.2. The van der Waals surface area contributed by atoms with Crippen molar-refractivity contribution < 1.29 is 0 Å². The zero-order valence-electron chi connectivity index (χ0n) is 13.9. The summed E-state index contributed by atoms with van der Waals surface area (Å²) < 4.78 is 1.92. The lowest BCUT2D eigenvalue weighted by Crippen LogP contribution is -2.46. The summed E-state index contributed by atoms with van der Waals surface area (Å²) in [6.45, 7) is 4.91. The van der Waals surface area contributed by atoms with E-state index in [1.807, 2.05) is 41.2 Å². The van der Waals surface area contributed by atoms with Crippen LogP contribution in [-0.2, 0) is 6.54 Å². The van der Waals surface area contributed by atoms with Crippen molar-refractivity contribution in [2.24, 2.45) is 0 Å². The van der Waals surface area contributed by atoms with Gasteiger partial charge in [0.1, 0.15) is 0 Å². The maximum Gasteiger partial charge on any atom is 0.0786 e. The highest BCUT2D eigenvalue weighted by Crippen LogP contribution is 2.20. The second-order valence-electron chi connectivity index (χ2n) is 6.21. The Morgan fingerprint density at radius 3 is 2.28 bits per heavy atom. The number of halogens is 1. The van der Waals surface area contributed by atoms with Crippen LogP contribution >= 0.6 is 11.6 Å². The third-order valence-corrected chi connectivity index (χ3v) is 4.82. The Hall–Kier alpha value is -2.37. The van der Waals surface area contributed by atoms with Crippen molar-refractivity contribution in [3.63, 3.8) is 0 Å². The van der Waals surface area contributed by atoms with Gasteiger partial charge in [-0.2, -0.15) is 0 Å². The van der Waals surface area contributed by atoms with Crippen LogP contribution in [0.1, 0.15) is 5.69 Å². The monoisotopic (exact) mass is 353 g/mol. The second kappa shape index (κ2) is 7.25. The molecule has 2 heterocycles. The smallest absolute Gasteiger partial charge is 0.0786 e. The third kappa shape index (κ3) is 3.67. The number of anilines is 1. The standard InChI is InChI=1S/C19H20ClN5/c20-16-6-8-17(9-7-16)24-12-10-23(11-13-24)15-19-14-21-22-25(19)18-4-2-1-3-5-18/h1-9,14H,10-13,15H2. The number of rotatable bonds is 4. The first kappa shape index (κ1) is 16.1. The number of hydrogen-bond acceptors (Lipinski definition) is 4. The minimum atomic E-state index is 0.782. The Balaban J connectivity index is 1.40. The van der Waals surface area contributed by atoms with Crippen LogP contribution in [0.2, 0.25) is 5.02 Å². The van der Waals surface area contributed by atoms with Gasteiger partial charge in [0, 0.05) is 43.4 Å². The van der Waals surface area contributed by atoms with E-state index in [1.165, 1.54) is 5.69 Å². The number of hydrogen-bond donors (Lipinski definition) is 0. The molecule has 3 aromatic rings. The Bertz CT molecular complexity index is 807. The summed E-state index contributed by atoms with van der Waals surface area (Å²) in [5.41, 5.74) is 3.40. The van der Waals surface area contributed by atoms with Gasteiger partial charge in [0.25, 0.3) is 0 Å². The van der Waals surface area contributed by atoms with Crippen LogP contribution in [0, 0.1) is 0 Å². The van der Waals surface area contributed by atoms with Crippen molar-refractivity contribution in [3.05, 3.63) is 71.5 Å². The summed E-state index contributed by atoms with van der Waals surface area (Å²) >= 11 is 5.98. The van der Waals surface area contributed by atoms with Crippen LogP contribution in [0.5, 0.6) is 0 Å². The maximum atomic E-state index is 5.98. The van der Waals surface area contributed by atoms with Gasteiger partial charge in [0.2, 0.25) is 0 Å². The number of piperazine rings is 1. The molecule has 1 aliphatic rings. The number of para-hydroxylation sites is 1. The molecule has 0 radical (unpaired) electrons. The zero-order chi connectivity index (χ0) is 17.1. The van der Waals surface area contributed by atoms with Gasteiger partial charge in [0.05, 0.1) is 17.6 Å². The fourth-order valence-corrected chi connectivity index (χ4v) is 3.32. The van der Waals surface area contributed by atoms with Gasteiger partial charge in [-0.3, -0.25) is 4.90 Å². The van der Waals surface area contributed by atoms with Gasteiger partial charge >= 0.3 is 0 Å². The van der Waals surface area contributed by atoms with Crippen LogP contribution in [0.15, 0.2) is 60.8 Å². The van der Waals surface area contributed by atoms with Gasteiger partial charge in [-0.05, 0) is 36.4 Å². The largest absolute Gasteiger partial charge is 0.369 e. The molecule has 0 spiro atoms. The zero-order valence-corrected chi connectivity index (χ0v) is 14.7. The Labute approximate surface area is 152 Å². The van der Waals surface area contributed by atoms with Crippen molar-refractivity contribution in [3.8, 4) is 5.69 Å². The summed E-state index contributed by atoms with van der Waals surface area (Å²) in [4.78, 5) is 4.85. The van der Waals surface area contributed by atoms with Crippen LogP contribution in [0.25, 0.3) is 5.69 Å². The van der Waals surface area contributed by atoms with E-state index in [0.29, 0.717) is 0 Å². The normalized spacial score (nSPS) is 15.5. The van der Waals surface area contributed by atoms with Crippen LogP contribution < -0.4 is 4.90 Å². The molecular weight excluding hydrogens is 334 g/mol. The second-order valence-corrected chi connectivity index (χ2v) is 6.65. The Morgan fingerprint density at radius 2 is 1.56 bits per heavy atom. The molecular formula is C19H20ClN5. The molecule has 0 aliphatic carbocycles. The fourth-order valence-electron chi connectivity index (χ4n) is 3.20. The molecule has 25 heavy (non-hydrogen) atoms. The predicted molar refractivity (Wildman–Crippen MR) is 100 cm³/mol. The number of aromatic nitrogens is 3. The van der Waals surface area contributed by atoms with E-state index in [2.05, 4.69) is 44.4 Å². The average molecular weight is 354 g/mol. The van der Waals surface area contributed by atoms with Crippen LogP contribution in [0.4, 0.5) is 5.69 Å². The SMILES string of the molecule is Clc1ccc(N2CCN(Cc3cnnn3-c3ccccc3)CC2)cc1. The van der Waals surface area contributed by atoms with Crippen molar-refractivity contribution in [2.75, 3.05) is 31.1 Å². The van der Waals surface area contributed by atoms with E-state index in [-0.39, 0.29) is 0 Å². The maximum absolute atomic E-state index is 5.98. The van der Waals surface area contributed by atoms with Gasteiger partial charge in [-0.1, -0.05) is 35.0 Å². The molecule has 6 heteroatoms. The average Bonchev–Trinajstić information content (AvgIpc) is 3.12. The van der Waals surface area contributed by atoms with E-state index < -0.39 is 0 Å². The third-order valence-electron chi connectivity index (χ3n) is 4.57. The number of nitrogens with zero attached hydrogens (tertiary/aromatic N) is 5. The quantitative estimate of drug-likeness (QED) is 0.721. The molecule has 0 bridgehead atoms. The lowest BCUT2D eigenvalue weighted by molar-refractivity contribution is 0.245. The molecule has 1 fully saturated rings. The molecule has 0 amide bonds. The molecule has 0 unspecified atom stereocenters. The summed E-state index contributed by atoms with van der Waals surface area (Å²) in [5.74, 6) is 0.